The molecule has 9 nitrogen and oxygen atoms in total. The molecule has 2 fully saturated rings. The van der Waals surface area contributed by atoms with E-state index in [2.05, 4.69) is 45.3 Å². The summed E-state index contributed by atoms with van der Waals surface area (Å²) in [6.45, 7) is 8.28. The number of nitrogens with one attached hydrogen (secondary N) is 1. The van der Waals surface area contributed by atoms with Gasteiger partial charge in [0.15, 0.2) is 0 Å². The summed E-state index contributed by atoms with van der Waals surface area (Å²) >= 11 is 0. The van der Waals surface area contributed by atoms with Crippen molar-refractivity contribution in [2.24, 2.45) is 0 Å². The van der Waals surface area contributed by atoms with Gasteiger partial charge < -0.3 is 29.2 Å². The standard InChI is InChI=1S/C27H38N4O5/c1-4-31(22-8-12-34-13-9-22)24-7-6-20(27(17-25(32)33-3)10-14-35-15-11-27)16-23(24)30-21-18-28-26(29-19-21)36-5-2/h6-7,16,18-19,22,30H,4-5,8-15,17H2,1-3H3. The first-order valence-electron chi connectivity index (χ1n) is 12.9. The molecule has 1 aromatic carbocycles. The highest BCUT2D eigenvalue weighted by atomic mass is 16.5. The number of aromatic nitrogens is 2. The highest BCUT2D eigenvalue weighted by Crippen LogP contribution is 2.42. The van der Waals surface area contributed by atoms with Gasteiger partial charge in [-0.1, -0.05) is 6.07 Å². The summed E-state index contributed by atoms with van der Waals surface area (Å²) in [6, 6.07) is 7.29. The average Bonchev–Trinajstić information content (AvgIpc) is 2.92. The number of anilines is 3. The first kappa shape index (κ1) is 26.2. The van der Waals surface area contributed by atoms with E-state index in [1.54, 1.807) is 12.4 Å². The van der Waals surface area contributed by atoms with Gasteiger partial charge in [0, 0.05) is 44.4 Å². The molecule has 2 aliphatic heterocycles. The summed E-state index contributed by atoms with van der Waals surface area (Å²) < 4.78 is 21.8. The second kappa shape index (κ2) is 12.4. The molecule has 0 atom stereocenters. The number of carbonyl (C=O) groups excluding carboxylic acids is 1. The number of esters is 1. The third-order valence-corrected chi connectivity index (χ3v) is 7.23. The van der Waals surface area contributed by atoms with Gasteiger partial charge in [-0.3, -0.25) is 4.79 Å². The fourth-order valence-electron chi connectivity index (χ4n) is 5.26. The minimum Gasteiger partial charge on any atom is -0.469 e. The molecule has 1 N–H and O–H groups in total. The van der Waals surface area contributed by atoms with Crippen molar-refractivity contribution in [1.82, 2.24) is 9.97 Å². The SMILES string of the molecule is CCOc1ncc(Nc2cc(C3(CC(=O)OC)CCOCC3)ccc2N(CC)C2CCOCC2)cn1. The Morgan fingerprint density at radius 2 is 1.81 bits per heavy atom. The Morgan fingerprint density at radius 3 is 2.44 bits per heavy atom. The molecule has 0 aliphatic carbocycles. The molecule has 4 rings (SSSR count). The molecular formula is C27H38N4O5. The van der Waals surface area contributed by atoms with E-state index in [-0.39, 0.29) is 11.4 Å². The van der Waals surface area contributed by atoms with Crippen molar-refractivity contribution in [3.63, 3.8) is 0 Å². The number of hydrogen-bond donors (Lipinski definition) is 1. The Bertz CT molecular complexity index is 988. The fraction of sp³-hybridized carbons (Fsp3) is 0.593. The zero-order valence-electron chi connectivity index (χ0n) is 21.6. The van der Waals surface area contributed by atoms with E-state index in [9.17, 15) is 4.79 Å². The van der Waals surface area contributed by atoms with Gasteiger partial charge in [0.05, 0.1) is 49.6 Å². The van der Waals surface area contributed by atoms with Crippen molar-refractivity contribution in [2.45, 2.75) is 57.4 Å². The third-order valence-electron chi connectivity index (χ3n) is 7.23. The van der Waals surface area contributed by atoms with Crippen LogP contribution in [0.15, 0.2) is 30.6 Å². The lowest BCUT2D eigenvalue weighted by molar-refractivity contribution is -0.143. The van der Waals surface area contributed by atoms with Crippen molar-refractivity contribution < 1.29 is 23.7 Å². The summed E-state index contributed by atoms with van der Waals surface area (Å²) in [4.78, 5) is 23.5. The molecule has 2 aliphatic rings. The Hall–Kier alpha value is -2.91. The second-order valence-corrected chi connectivity index (χ2v) is 9.32. The van der Waals surface area contributed by atoms with E-state index in [0.29, 0.717) is 38.3 Å². The van der Waals surface area contributed by atoms with E-state index in [1.165, 1.54) is 7.11 Å². The van der Waals surface area contributed by atoms with Crippen LogP contribution in [0.2, 0.25) is 0 Å². The van der Waals surface area contributed by atoms with E-state index < -0.39 is 0 Å². The van der Waals surface area contributed by atoms with Gasteiger partial charge in [-0.05, 0) is 57.2 Å². The van der Waals surface area contributed by atoms with E-state index in [1.807, 2.05) is 6.92 Å². The van der Waals surface area contributed by atoms with E-state index >= 15 is 0 Å². The van der Waals surface area contributed by atoms with Gasteiger partial charge in [0.2, 0.25) is 0 Å². The van der Waals surface area contributed by atoms with Crippen molar-refractivity contribution in [2.75, 3.05) is 56.9 Å². The van der Waals surface area contributed by atoms with Crippen molar-refractivity contribution in [1.29, 1.82) is 0 Å². The van der Waals surface area contributed by atoms with Crippen LogP contribution in [0.1, 0.15) is 51.5 Å². The number of methoxy groups -OCH3 is 1. The monoisotopic (exact) mass is 498 g/mol. The zero-order chi connectivity index (χ0) is 25.4. The van der Waals surface area contributed by atoms with Crippen LogP contribution in [0.5, 0.6) is 6.01 Å². The first-order chi connectivity index (χ1) is 17.6. The number of ether oxygens (including phenoxy) is 4. The molecule has 36 heavy (non-hydrogen) atoms. The molecule has 2 aromatic rings. The smallest absolute Gasteiger partial charge is 0.316 e. The lowest BCUT2D eigenvalue weighted by Crippen LogP contribution is -2.40. The molecule has 0 radical (unpaired) electrons. The van der Waals surface area contributed by atoms with Crippen LogP contribution in [0.4, 0.5) is 17.1 Å². The number of benzene rings is 1. The summed E-state index contributed by atoms with van der Waals surface area (Å²) in [6.07, 6.45) is 7.32. The van der Waals surface area contributed by atoms with Gasteiger partial charge >= 0.3 is 12.0 Å². The fourth-order valence-corrected chi connectivity index (χ4v) is 5.26. The number of hydrogen-bond acceptors (Lipinski definition) is 9. The van der Waals surface area contributed by atoms with Crippen LogP contribution in [-0.2, 0) is 24.4 Å². The molecule has 2 saturated heterocycles. The van der Waals surface area contributed by atoms with E-state index in [4.69, 9.17) is 18.9 Å². The maximum atomic E-state index is 12.4. The Morgan fingerprint density at radius 1 is 1.11 bits per heavy atom. The second-order valence-electron chi connectivity index (χ2n) is 9.32. The normalized spacial score (nSPS) is 17.9. The van der Waals surface area contributed by atoms with Gasteiger partial charge in [-0.15, -0.1) is 0 Å². The molecule has 0 unspecified atom stereocenters. The molecule has 0 amide bonds. The highest BCUT2D eigenvalue weighted by molar-refractivity contribution is 5.77. The highest BCUT2D eigenvalue weighted by Gasteiger charge is 2.38. The van der Waals surface area contributed by atoms with Gasteiger partial charge in [-0.2, -0.15) is 0 Å². The molecular weight excluding hydrogens is 460 g/mol. The quantitative estimate of drug-likeness (QED) is 0.483. The summed E-state index contributed by atoms with van der Waals surface area (Å²) in [5.41, 5.74) is 3.63. The third kappa shape index (κ3) is 6.07. The average molecular weight is 499 g/mol. The topological polar surface area (TPSA) is 95.0 Å². The maximum Gasteiger partial charge on any atom is 0.316 e. The summed E-state index contributed by atoms with van der Waals surface area (Å²) in [5.74, 6) is -0.201. The molecule has 9 heteroatoms. The van der Waals surface area contributed by atoms with Gasteiger partial charge in [-0.25, -0.2) is 9.97 Å². The molecule has 196 valence electrons. The number of rotatable bonds is 10. The van der Waals surface area contributed by atoms with Crippen LogP contribution >= 0.6 is 0 Å². The van der Waals surface area contributed by atoms with Crippen molar-refractivity contribution >= 4 is 23.0 Å². The maximum absolute atomic E-state index is 12.4. The Balaban J connectivity index is 1.73. The lowest BCUT2D eigenvalue weighted by atomic mass is 9.71. The van der Waals surface area contributed by atoms with Crippen LogP contribution < -0.4 is 15.0 Å². The van der Waals surface area contributed by atoms with E-state index in [0.717, 1.165) is 68.1 Å². The summed E-state index contributed by atoms with van der Waals surface area (Å²) in [7, 11) is 1.45. The molecule has 0 saturated carbocycles. The molecule has 0 spiro atoms. The first-order valence-corrected chi connectivity index (χ1v) is 12.9. The van der Waals surface area contributed by atoms with Crippen molar-refractivity contribution in [3.05, 3.63) is 36.2 Å². The Labute approximate surface area is 213 Å². The van der Waals surface area contributed by atoms with Crippen LogP contribution in [0.25, 0.3) is 0 Å². The lowest BCUT2D eigenvalue weighted by Gasteiger charge is -2.39. The summed E-state index contributed by atoms with van der Waals surface area (Å²) in [5, 5.41) is 3.56. The molecule has 1 aromatic heterocycles. The predicted octanol–water partition coefficient (Wildman–Crippen LogP) is 4.24. The van der Waals surface area contributed by atoms with Crippen molar-refractivity contribution in [3.8, 4) is 6.01 Å². The minimum absolute atomic E-state index is 0.201. The predicted molar refractivity (Wildman–Crippen MR) is 138 cm³/mol. The van der Waals surface area contributed by atoms with Gasteiger partial charge in [0.25, 0.3) is 0 Å². The molecule has 3 heterocycles. The molecule has 0 bridgehead atoms. The van der Waals surface area contributed by atoms with Gasteiger partial charge in [0.1, 0.15) is 0 Å². The minimum atomic E-state index is -0.328. The van der Waals surface area contributed by atoms with Crippen LogP contribution in [-0.4, -0.2) is 68.7 Å². The largest absolute Gasteiger partial charge is 0.469 e. The Kier molecular flexibility index (Phi) is 8.98. The number of carbonyl (C=O) groups is 1. The zero-order valence-corrected chi connectivity index (χ0v) is 21.6. The number of nitrogens with zero attached hydrogens (tertiary/aromatic N) is 3. The van der Waals surface area contributed by atoms with Crippen LogP contribution in [0, 0.1) is 0 Å². The van der Waals surface area contributed by atoms with Crippen LogP contribution in [0.3, 0.4) is 0 Å².